The summed E-state index contributed by atoms with van der Waals surface area (Å²) in [4.78, 5) is 10.4. The Morgan fingerprint density at radius 2 is 1.87 bits per heavy atom. The monoisotopic (exact) mass is 212 g/mol. The summed E-state index contributed by atoms with van der Waals surface area (Å²) in [5, 5.41) is 18.2. The third kappa shape index (κ3) is 2.66. The van der Waals surface area contributed by atoms with Crippen molar-refractivity contribution < 1.29 is 28.8 Å². The smallest absolute Gasteiger partial charge is 0.542 e. The van der Waals surface area contributed by atoms with Crippen LogP contribution in [0.3, 0.4) is 0 Å². The molecule has 0 saturated heterocycles. The molecule has 0 aliphatic carbocycles. The maximum Gasteiger partial charge on any atom is 1.00 e. The van der Waals surface area contributed by atoms with Crippen LogP contribution in [-0.2, 0) is 0 Å². The molecular weight excluding hydrogens is 207 g/mol. The molecule has 0 unspecified atom stereocenters. The van der Waals surface area contributed by atoms with Gasteiger partial charge in [0, 0.05) is 5.56 Å². The summed E-state index contributed by atoms with van der Waals surface area (Å²) in [5.41, 5.74) is 0.859. The average molecular weight is 212 g/mol. The van der Waals surface area contributed by atoms with Gasteiger partial charge in [-0.2, -0.15) is 0 Å². The van der Waals surface area contributed by atoms with Gasteiger partial charge in [-0.3, -0.25) is 0 Å². The minimum absolute atomic E-state index is 0. The van der Waals surface area contributed by atoms with Gasteiger partial charge < -0.3 is 9.90 Å². The summed E-state index contributed by atoms with van der Waals surface area (Å²) >= 11 is 1.01. The maximum atomic E-state index is 10.4. The van der Waals surface area contributed by atoms with Crippen molar-refractivity contribution >= 4 is 17.3 Å². The Bertz CT molecular complexity index is 458. The molecule has 70 valence electrons. The summed E-state index contributed by atoms with van der Waals surface area (Å²) in [6, 6.07) is 9.29. The zero-order chi connectivity index (χ0) is 9.97. The third-order valence-electron chi connectivity index (χ3n) is 1.62. The van der Waals surface area contributed by atoms with Crippen LogP contribution in [0.25, 0.3) is 10.6 Å². The molecule has 2 aromatic rings. The molecule has 0 fully saturated rings. The molecule has 1 aromatic carbocycles. The van der Waals surface area contributed by atoms with Crippen molar-refractivity contribution in [2.24, 2.45) is 0 Å². The SMILES string of the molecule is O=C([O-])c1nnc(-c2ccccc2)s1.[Li+]. The minimum atomic E-state index is -1.29. The van der Waals surface area contributed by atoms with Crippen LogP contribution in [0.4, 0.5) is 0 Å². The van der Waals surface area contributed by atoms with Crippen molar-refractivity contribution in [3.8, 4) is 10.6 Å². The largest absolute Gasteiger partial charge is 1.00 e. The van der Waals surface area contributed by atoms with Crippen LogP contribution in [0.15, 0.2) is 30.3 Å². The van der Waals surface area contributed by atoms with Gasteiger partial charge in [0.2, 0.25) is 0 Å². The molecule has 0 atom stereocenters. The van der Waals surface area contributed by atoms with Gasteiger partial charge in [-0.05, 0) is 0 Å². The van der Waals surface area contributed by atoms with Crippen LogP contribution < -0.4 is 24.0 Å². The van der Waals surface area contributed by atoms with E-state index in [2.05, 4.69) is 10.2 Å². The van der Waals surface area contributed by atoms with E-state index in [9.17, 15) is 9.90 Å². The fraction of sp³-hybridized carbons (Fsp3) is 0. The normalized spacial score (nSPS) is 9.33. The molecule has 1 heterocycles. The van der Waals surface area contributed by atoms with Crippen LogP contribution in [0.1, 0.15) is 9.80 Å². The number of benzene rings is 1. The van der Waals surface area contributed by atoms with Gasteiger partial charge in [0.15, 0.2) is 5.01 Å². The van der Waals surface area contributed by atoms with Crippen molar-refractivity contribution in [1.82, 2.24) is 10.2 Å². The second-order valence-electron chi connectivity index (χ2n) is 2.57. The summed E-state index contributed by atoms with van der Waals surface area (Å²) in [5.74, 6) is -1.29. The van der Waals surface area contributed by atoms with E-state index in [-0.39, 0.29) is 23.9 Å². The van der Waals surface area contributed by atoms with Crippen LogP contribution in [0.2, 0.25) is 0 Å². The minimum Gasteiger partial charge on any atom is -0.542 e. The van der Waals surface area contributed by atoms with E-state index in [1.165, 1.54) is 0 Å². The summed E-state index contributed by atoms with van der Waals surface area (Å²) in [6.07, 6.45) is 0. The number of carboxylic acid groups (broad SMARTS) is 1. The zero-order valence-electron chi connectivity index (χ0n) is 8.01. The van der Waals surface area contributed by atoms with Crippen LogP contribution >= 0.6 is 11.3 Å². The molecule has 0 aliphatic rings. The van der Waals surface area contributed by atoms with E-state index >= 15 is 0 Å². The number of nitrogens with zero attached hydrogens (tertiary/aromatic N) is 2. The first-order chi connectivity index (χ1) is 6.77. The quantitative estimate of drug-likeness (QED) is 0.519. The Hall–Kier alpha value is -1.15. The molecule has 1 aromatic heterocycles. The van der Waals surface area contributed by atoms with Gasteiger partial charge in [-0.15, -0.1) is 10.2 Å². The van der Waals surface area contributed by atoms with Crippen LogP contribution in [-0.4, -0.2) is 16.2 Å². The molecule has 0 amide bonds. The fourth-order valence-electron chi connectivity index (χ4n) is 1.00. The molecule has 15 heavy (non-hydrogen) atoms. The predicted octanol–water partition coefficient (Wildman–Crippen LogP) is -2.43. The Labute approximate surface area is 102 Å². The van der Waals surface area contributed by atoms with E-state index in [1.807, 2.05) is 30.3 Å². The van der Waals surface area contributed by atoms with Crippen LogP contribution in [0, 0.1) is 0 Å². The number of aromatic carboxylic acids is 1. The fourth-order valence-corrected chi connectivity index (χ4v) is 1.69. The van der Waals surface area contributed by atoms with Gasteiger partial charge in [-0.25, -0.2) is 0 Å². The molecule has 0 saturated carbocycles. The summed E-state index contributed by atoms with van der Waals surface area (Å²) < 4.78 is 0. The molecule has 4 nitrogen and oxygen atoms in total. The van der Waals surface area contributed by atoms with E-state index in [0.29, 0.717) is 5.01 Å². The van der Waals surface area contributed by atoms with Crippen molar-refractivity contribution in [3.05, 3.63) is 35.3 Å². The molecule has 0 N–H and O–H groups in total. The van der Waals surface area contributed by atoms with Gasteiger partial charge >= 0.3 is 18.9 Å². The number of hydrogen-bond donors (Lipinski definition) is 0. The van der Waals surface area contributed by atoms with Gasteiger partial charge in [0.1, 0.15) is 11.0 Å². The van der Waals surface area contributed by atoms with E-state index < -0.39 is 5.97 Å². The average Bonchev–Trinajstić information content (AvgIpc) is 2.68. The maximum absolute atomic E-state index is 10.4. The topological polar surface area (TPSA) is 65.9 Å². The number of carbonyl (C=O) groups excluding carboxylic acids is 1. The van der Waals surface area contributed by atoms with Gasteiger partial charge in [-0.1, -0.05) is 41.7 Å². The van der Waals surface area contributed by atoms with E-state index in [4.69, 9.17) is 0 Å². The van der Waals surface area contributed by atoms with Crippen LogP contribution in [0.5, 0.6) is 0 Å². The molecular formula is C9H5LiN2O2S. The molecule has 0 aliphatic heterocycles. The first kappa shape index (κ1) is 11.9. The van der Waals surface area contributed by atoms with Crippen molar-refractivity contribution in [1.29, 1.82) is 0 Å². The van der Waals surface area contributed by atoms with Crippen molar-refractivity contribution in [2.45, 2.75) is 0 Å². The van der Waals surface area contributed by atoms with Crippen molar-refractivity contribution in [2.75, 3.05) is 0 Å². The number of hydrogen-bond acceptors (Lipinski definition) is 5. The number of rotatable bonds is 2. The second-order valence-corrected chi connectivity index (χ2v) is 3.54. The molecule has 0 spiro atoms. The molecule has 0 bridgehead atoms. The Morgan fingerprint density at radius 1 is 1.20 bits per heavy atom. The Balaban J connectivity index is 0.00000112. The van der Waals surface area contributed by atoms with Gasteiger partial charge in [0.25, 0.3) is 0 Å². The Kier molecular flexibility index (Phi) is 4.03. The zero-order valence-corrected chi connectivity index (χ0v) is 8.82. The number of carbonyl (C=O) groups is 1. The first-order valence-electron chi connectivity index (χ1n) is 3.87. The molecule has 6 heteroatoms. The Morgan fingerprint density at radius 3 is 2.40 bits per heavy atom. The first-order valence-corrected chi connectivity index (χ1v) is 4.69. The number of carboxylic acids is 1. The predicted molar refractivity (Wildman–Crippen MR) is 49.7 cm³/mol. The van der Waals surface area contributed by atoms with Crippen molar-refractivity contribution in [3.63, 3.8) is 0 Å². The second kappa shape index (κ2) is 5.08. The molecule has 2 rings (SSSR count). The number of aromatic nitrogens is 2. The van der Waals surface area contributed by atoms with E-state index in [1.54, 1.807) is 0 Å². The van der Waals surface area contributed by atoms with Gasteiger partial charge in [0.05, 0.1) is 0 Å². The standard InChI is InChI=1S/C9H6N2O2S.Li/c12-9(13)8-11-10-7(14-8)6-4-2-1-3-5-6;/h1-5H,(H,12,13);/q;+1/p-1. The third-order valence-corrected chi connectivity index (χ3v) is 2.57. The molecule has 0 radical (unpaired) electrons. The summed E-state index contributed by atoms with van der Waals surface area (Å²) in [6.45, 7) is 0. The summed E-state index contributed by atoms with van der Waals surface area (Å²) in [7, 11) is 0. The van der Waals surface area contributed by atoms with E-state index in [0.717, 1.165) is 16.9 Å².